The summed E-state index contributed by atoms with van der Waals surface area (Å²) < 4.78 is 22.1. The Bertz CT molecular complexity index is 1250. The first-order valence-electron chi connectivity index (χ1n) is 12.2. The molecule has 1 aliphatic rings. The summed E-state index contributed by atoms with van der Waals surface area (Å²) in [6.45, 7) is 1.38. The number of ether oxygens (including phenoxy) is 4. The summed E-state index contributed by atoms with van der Waals surface area (Å²) in [5.41, 5.74) is 4.28. The van der Waals surface area contributed by atoms with Crippen LogP contribution in [0.2, 0.25) is 5.02 Å². The summed E-state index contributed by atoms with van der Waals surface area (Å²) in [5, 5.41) is 3.66. The van der Waals surface area contributed by atoms with Crippen molar-refractivity contribution >= 4 is 17.5 Å². The Labute approximate surface area is 223 Å². The summed E-state index contributed by atoms with van der Waals surface area (Å²) in [6.07, 6.45) is 1.48. The molecule has 0 fully saturated rings. The fourth-order valence-electron chi connectivity index (χ4n) is 4.82. The largest absolute Gasteiger partial charge is 0.493 e. The van der Waals surface area contributed by atoms with Gasteiger partial charge in [0, 0.05) is 24.2 Å². The monoisotopic (exact) mass is 524 g/mol. The molecule has 8 heteroatoms. The molecule has 0 spiro atoms. The third-order valence-corrected chi connectivity index (χ3v) is 7.14. The van der Waals surface area contributed by atoms with Crippen molar-refractivity contribution in [2.75, 3.05) is 41.5 Å². The summed E-state index contributed by atoms with van der Waals surface area (Å²) in [5.74, 6) is 2.67. The van der Waals surface area contributed by atoms with E-state index >= 15 is 0 Å². The van der Waals surface area contributed by atoms with Crippen LogP contribution in [0.3, 0.4) is 0 Å². The van der Waals surface area contributed by atoms with E-state index in [1.54, 1.807) is 28.4 Å². The first-order valence-corrected chi connectivity index (χ1v) is 12.5. The van der Waals surface area contributed by atoms with Crippen molar-refractivity contribution < 1.29 is 23.7 Å². The zero-order chi connectivity index (χ0) is 26.4. The maximum absolute atomic E-state index is 13.0. The Hall–Kier alpha value is -3.42. The van der Waals surface area contributed by atoms with Crippen LogP contribution in [0.1, 0.15) is 28.3 Å². The van der Waals surface area contributed by atoms with Gasteiger partial charge in [0.15, 0.2) is 23.0 Å². The van der Waals surface area contributed by atoms with E-state index in [1.165, 1.54) is 5.56 Å². The second-order valence-corrected chi connectivity index (χ2v) is 9.31. The van der Waals surface area contributed by atoms with Gasteiger partial charge in [-0.2, -0.15) is 0 Å². The average molecular weight is 525 g/mol. The molecular weight excluding hydrogens is 492 g/mol. The molecule has 1 amide bonds. The van der Waals surface area contributed by atoms with E-state index in [0.29, 0.717) is 41.0 Å². The van der Waals surface area contributed by atoms with Gasteiger partial charge in [0.1, 0.15) is 0 Å². The molecule has 1 unspecified atom stereocenters. The molecule has 0 aromatic heterocycles. The van der Waals surface area contributed by atoms with Gasteiger partial charge in [0.05, 0.1) is 35.0 Å². The Morgan fingerprint density at radius 1 is 0.919 bits per heavy atom. The van der Waals surface area contributed by atoms with Crippen LogP contribution < -0.4 is 24.3 Å². The lowest BCUT2D eigenvalue weighted by molar-refractivity contribution is -0.123. The fourth-order valence-corrected chi connectivity index (χ4v) is 5.02. The second kappa shape index (κ2) is 12.2. The minimum atomic E-state index is -0.0545. The highest BCUT2D eigenvalue weighted by Gasteiger charge is 2.31. The zero-order valence-electron chi connectivity index (χ0n) is 21.7. The van der Waals surface area contributed by atoms with Gasteiger partial charge in [0.25, 0.3) is 0 Å². The number of nitrogens with zero attached hydrogens (tertiary/aromatic N) is 1. The molecule has 196 valence electrons. The van der Waals surface area contributed by atoms with Crippen molar-refractivity contribution in [1.29, 1.82) is 0 Å². The molecule has 0 saturated carbocycles. The maximum Gasteiger partial charge on any atom is 0.234 e. The van der Waals surface area contributed by atoms with Gasteiger partial charge in [-0.1, -0.05) is 35.9 Å². The number of halogens is 1. The van der Waals surface area contributed by atoms with E-state index in [0.717, 1.165) is 29.7 Å². The van der Waals surface area contributed by atoms with Gasteiger partial charge in [-0.25, -0.2) is 0 Å². The smallest absolute Gasteiger partial charge is 0.234 e. The molecule has 1 aliphatic heterocycles. The first kappa shape index (κ1) is 26.6. The third kappa shape index (κ3) is 6.12. The second-order valence-electron chi connectivity index (χ2n) is 8.90. The predicted octanol–water partition coefficient (Wildman–Crippen LogP) is 4.83. The molecule has 0 radical (unpaired) electrons. The minimum Gasteiger partial charge on any atom is -0.493 e. The summed E-state index contributed by atoms with van der Waals surface area (Å²) in [7, 11) is 6.53. The fraction of sp³-hybridized carbons (Fsp3) is 0.345. The first-order chi connectivity index (χ1) is 18.0. The number of hydrogen-bond acceptors (Lipinski definition) is 6. The molecule has 1 N–H and O–H groups in total. The van der Waals surface area contributed by atoms with Crippen LogP contribution in [0, 0.1) is 0 Å². The highest BCUT2D eigenvalue weighted by Crippen LogP contribution is 2.40. The summed E-state index contributed by atoms with van der Waals surface area (Å²) in [4.78, 5) is 15.3. The SMILES string of the molecule is COc1ccc(CC2c3cc(OC)c(OC)cc3CCN2CC(=O)NCc2ccccc2Cl)cc1OC. The van der Waals surface area contributed by atoms with Crippen molar-refractivity contribution in [2.45, 2.75) is 25.4 Å². The number of methoxy groups -OCH3 is 4. The van der Waals surface area contributed by atoms with Gasteiger partial charge in [-0.3, -0.25) is 9.69 Å². The quantitative estimate of drug-likeness (QED) is 0.409. The van der Waals surface area contributed by atoms with E-state index in [1.807, 2.05) is 54.6 Å². The molecular formula is C29H33ClN2O5. The normalized spacial score (nSPS) is 15.0. The molecule has 4 rings (SSSR count). The Kier molecular flexibility index (Phi) is 8.79. The van der Waals surface area contributed by atoms with Crippen molar-refractivity contribution in [3.63, 3.8) is 0 Å². The van der Waals surface area contributed by atoms with Gasteiger partial charge in [-0.15, -0.1) is 0 Å². The lowest BCUT2D eigenvalue weighted by Gasteiger charge is -2.37. The number of benzene rings is 3. The van der Waals surface area contributed by atoms with Crippen molar-refractivity contribution in [1.82, 2.24) is 10.2 Å². The van der Waals surface area contributed by atoms with Crippen molar-refractivity contribution in [3.05, 3.63) is 81.9 Å². The Balaban J connectivity index is 1.61. The lowest BCUT2D eigenvalue weighted by atomic mass is 9.88. The minimum absolute atomic E-state index is 0.0484. The Morgan fingerprint density at radius 3 is 2.30 bits per heavy atom. The number of carbonyl (C=O) groups is 1. The van der Waals surface area contributed by atoms with Crippen LogP contribution in [0.4, 0.5) is 0 Å². The Morgan fingerprint density at radius 2 is 1.59 bits per heavy atom. The van der Waals surface area contributed by atoms with E-state index < -0.39 is 0 Å². The number of amides is 1. The molecule has 37 heavy (non-hydrogen) atoms. The lowest BCUT2D eigenvalue weighted by Crippen LogP contribution is -2.43. The van der Waals surface area contributed by atoms with Crippen molar-refractivity contribution in [3.8, 4) is 23.0 Å². The van der Waals surface area contributed by atoms with Gasteiger partial charge in [-0.05, 0) is 65.4 Å². The van der Waals surface area contributed by atoms with Crippen LogP contribution >= 0.6 is 11.6 Å². The van der Waals surface area contributed by atoms with Crippen molar-refractivity contribution in [2.24, 2.45) is 0 Å². The highest BCUT2D eigenvalue weighted by atomic mass is 35.5. The molecule has 3 aromatic carbocycles. The van der Waals surface area contributed by atoms with Crippen LogP contribution in [0.5, 0.6) is 23.0 Å². The van der Waals surface area contributed by atoms with Gasteiger partial charge >= 0.3 is 0 Å². The number of carbonyl (C=O) groups excluding carboxylic acids is 1. The third-order valence-electron chi connectivity index (χ3n) is 6.77. The molecule has 0 saturated heterocycles. The van der Waals surface area contributed by atoms with Gasteiger partial charge < -0.3 is 24.3 Å². The summed E-state index contributed by atoms with van der Waals surface area (Å²) >= 11 is 6.27. The molecule has 7 nitrogen and oxygen atoms in total. The molecule has 3 aromatic rings. The van der Waals surface area contributed by atoms with Gasteiger partial charge in [0.2, 0.25) is 5.91 Å². The van der Waals surface area contributed by atoms with Crippen LogP contribution in [-0.2, 0) is 24.2 Å². The predicted molar refractivity (Wildman–Crippen MR) is 144 cm³/mol. The molecule has 1 heterocycles. The zero-order valence-corrected chi connectivity index (χ0v) is 22.4. The van der Waals surface area contributed by atoms with Crippen LogP contribution in [0.15, 0.2) is 54.6 Å². The standard InChI is InChI=1S/C29H33ClN2O5/c1-34-25-10-9-19(14-26(25)35-2)13-24-22-16-28(37-4)27(36-3)15-20(22)11-12-32(24)18-29(33)31-17-21-7-5-6-8-23(21)30/h5-10,14-16,24H,11-13,17-18H2,1-4H3,(H,31,33). The van der Waals surface area contributed by atoms with E-state index in [4.69, 9.17) is 30.5 Å². The number of fused-ring (bicyclic) bond motifs is 1. The molecule has 0 bridgehead atoms. The van der Waals surface area contributed by atoms with Crippen LogP contribution in [-0.4, -0.2) is 52.3 Å². The number of nitrogens with one attached hydrogen (secondary N) is 1. The van der Waals surface area contributed by atoms with E-state index in [2.05, 4.69) is 10.2 Å². The molecule has 0 aliphatic carbocycles. The highest BCUT2D eigenvalue weighted by molar-refractivity contribution is 6.31. The van der Waals surface area contributed by atoms with Crippen LogP contribution in [0.25, 0.3) is 0 Å². The topological polar surface area (TPSA) is 69.3 Å². The summed E-state index contributed by atoms with van der Waals surface area (Å²) in [6, 6.07) is 17.5. The number of hydrogen-bond donors (Lipinski definition) is 1. The van der Waals surface area contributed by atoms with E-state index in [-0.39, 0.29) is 18.5 Å². The maximum atomic E-state index is 13.0. The number of rotatable bonds is 10. The average Bonchev–Trinajstić information content (AvgIpc) is 2.92. The van der Waals surface area contributed by atoms with E-state index in [9.17, 15) is 4.79 Å². The molecule has 1 atom stereocenters.